The summed E-state index contributed by atoms with van der Waals surface area (Å²) in [5, 5.41) is 10.2. The highest BCUT2D eigenvalue weighted by molar-refractivity contribution is 5.98. The van der Waals surface area contributed by atoms with Gasteiger partial charge in [0.05, 0.1) is 24.4 Å². The van der Waals surface area contributed by atoms with Gasteiger partial charge in [0.1, 0.15) is 5.82 Å². The Balaban J connectivity index is 1.22. The first-order valence-corrected chi connectivity index (χ1v) is 14.6. The van der Waals surface area contributed by atoms with Gasteiger partial charge in [-0.25, -0.2) is 9.97 Å². The minimum absolute atomic E-state index is 0.188. The third kappa shape index (κ3) is 4.22. The van der Waals surface area contributed by atoms with Gasteiger partial charge < -0.3 is 15.4 Å². The number of pyridine rings is 3. The number of morpholine rings is 1. The van der Waals surface area contributed by atoms with Gasteiger partial charge in [-0.2, -0.15) is 0 Å². The van der Waals surface area contributed by atoms with Crippen LogP contribution in [0.5, 0.6) is 0 Å². The van der Waals surface area contributed by atoms with Crippen molar-refractivity contribution < 1.29 is 4.74 Å². The van der Waals surface area contributed by atoms with E-state index in [0.717, 1.165) is 95.3 Å². The van der Waals surface area contributed by atoms with Crippen LogP contribution in [0.4, 0.5) is 5.82 Å². The summed E-state index contributed by atoms with van der Waals surface area (Å²) in [5.41, 5.74) is 14.3. The van der Waals surface area contributed by atoms with Gasteiger partial charge in [0.15, 0.2) is 11.5 Å². The molecule has 0 radical (unpaired) electrons. The number of fused-ring (bicyclic) bond motifs is 3. The molecule has 0 unspecified atom stereocenters. The van der Waals surface area contributed by atoms with E-state index < -0.39 is 0 Å². The summed E-state index contributed by atoms with van der Waals surface area (Å²) in [6.45, 7) is 3.16. The zero-order chi connectivity index (χ0) is 28.1. The second-order valence-electron chi connectivity index (χ2n) is 11.3. The Morgan fingerprint density at radius 1 is 0.810 bits per heavy atom. The number of aromatic nitrogens is 5. The highest BCUT2D eigenvalue weighted by Crippen LogP contribution is 2.40. The fourth-order valence-electron chi connectivity index (χ4n) is 6.15. The molecule has 42 heavy (non-hydrogen) atoms. The Hall–Kier alpha value is -4.66. The van der Waals surface area contributed by atoms with Gasteiger partial charge in [0.2, 0.25) is 0 Å². The highest BCUT2D eigenvalue weighted by atomic mass is 16.5. The Morgan fingerprint density at radius 2 is 1.60 bits per heavy atom. The average Bonchev–Trinajstić information content (AvgIpc) is 3.49. The van der Waals surface area contributed by atoms with Crippen LogP contribution in [0.15, 0.2) is 91.3 Å². The van der Waals surface area contributed by atoms with Gasteiger partial charge >= 0.3 is 0 Å². The molecule has 1 saturated carbocycles. The summed E-state index contributed by atoms with van der Waals surface area (Å²) >= 11 is 0. The number of anilines is 1. The standard InChI is InChI=1S/C34H31N7O/c35-34(14-4-15-34)26-10-7-24(8-11-26)31-27(23-5-2-1-3-6-23)21-28-29(37-31)13-16-41-32(38-39-33(28)41)25-9-12-30(36-22-25)40-17-19-42-20-18-40/h1-3,5-13,16,21-22H,4,14-15,17-20,35H2. The van der Waals surface area contributed by atoms with Crippen molar-refractivity contribution in [2.45, 2.75) is 24.8 Å². The van der Waals surface area contributed by atoms with Gasteiger partial charge in [0.25, 0.3) is 0 Å². The molecule has 8 nitrogen and oxygen atoms in total. The van der Waals surface area contributed by atoms with E-state index in [1.807, 2.05) is 35.0 Å². The number of hydrogen-bond donors (Lipinski definition) is 1. The summed E-state index contributed by atoms with van der Waals surface area (Å²) in [4.78, 5) is 12.2. The van der Waals surface area contributed by atoms with Crippen molar-refractivity contribution in [1.82, 2.24) is 24.6 Å². The minimum atomic E-state index is -0.188. The number of ether oxygens (including phenoxy) is 1. The maximum atomic E-state index is 6.61. The predicted molar refractivity (Wildman–Crippen MR) is 165 cm³/mol. The van der Waals surface area contributed by atoms with E-state index in [-0.39, 0.29) is 5.54 Å². The zero-order valence-corrected chi connectivity index (χ0v) is 23.3. The molecule has 0 amide bonds. The van der Waals surface area contributed by atoms with E-state index >= 15 is 0 Å². The van der Waals surface area contributed by atoms with Crippen LogP contribution in [0.3, 0.4) is 0 Å². The Kier molecular flexibility index (Phi) is 5.98. The molecular formula is C34H31N7O. The van der Waals surface area contributed by atoms with Gasteiger partial charge in [-0.1, -0.05) is 54.6 Å². The summed E-state index contributed by atoms with van der Waals surface area (Å²) in [6.07, 6.45) is 7.15. The summed E-state index contributed by atoms with van der Waals surface area (Å²) in [5.74, 6) is 1.70. The fourth-order valence-corrected chi connectivity index (χ4v) is 6.15. The predicted octanol–water partition coefficient (Wildman–Crippen LogP) is 5.85. The first-order chi connectivity index (χ1) is 20.7. The monoisotopic (exact) mass is 553 g/mol. The topological polar surface area (TPSA) is 94.5 Å². The number of hydrogen-bond acceptors (Lipinski definition) is 7. The van der Waals surface area contributed by atoms with E-state index in [0.29, 0.717) is 0 Å². The van der Waals surface area contributed by atoms with Crippen LogP contribution in [0.25, 0.3) is 50.3 Å². The Morgan fingerprint density at radius 3 is 2.31 bits per heavy atom. The minimum Gasteiger partial charge on any atom is -0.378 e. The van der Waals surface area contributed by atoms with Crippen molar-refractivity contribution in [1.29, 1.82) is 0 Å². The van der Waals surface area contributed by atoms with E-state index in [4.69, 9.17) is 20.4 Å². The van der Waals surface area contributed by atoms with Crippen LogP contribution in [0.1, 0.15) is 24.8 Å². The molecule has 6 aromatic rings. The first-order valence-electron chi connectivity index (χ1n) is 14.6. The molecule has 208 valence electrons. The molecule has 0 bridgehead atoms. The van der Waals surface area contributed by atoms with E-state index in [1.54, 1.807) is 0 Å². The average molecular weight is 554 g/mol. The number of nitrogens with two attached hydrogens (primary N) is 1. The second-order valence-corrected chi connectivity index (χ2v) is 11.3. The number of benzene rings is 2. The van der Waals surface area contributed by atoms with Crippen LogP contribution in [0, 0.1) is 0 Å². The second kappa shape index (κ2) is 10.0. The smallest absolute Gasteiger partial charge is 0.170 e. The molecule has 1 aliphatic heterocycles. The molecule has 5 heterocycles. The van der Waals surface area contributed by atoms with E-state index in [2.05, 4.69) is 75.8 Å². The van der Waals surface area contributed by atoms with Crippen LogP contribution in [-0.4, -0.2) is 50.9 Å². The summed E-state index contributed by atoms with van der Waals surface area (Å²) in [7, 11) is 0. The quantitative estimate of drug-likeness (QED) is 0.286. The molecule has 8 heteroatoms. The van der Waals surface area contributed by atoms with Crippen molar-refractivity contribution in [3.63, 3.8) is 0 Å². The summed E-state index contributed by atoms with van der Waals surface area (Å²) < 4.78 is 7.50. The first kappa shape index (κ1) is 25.1. The van der Waals surface area contributed by atoms with Gasteiger partial charge in [-0.3, -0.25) is 4.40 Å². The van der Waals surface area contributed by atoms with Gasteiger partial charge in [0, 0.05) is 53.1 Å². The molecule has 0 atom stereocenters. The molecule has 2 N–H and O–H groups in total. The maximum Gasteiger partial charge on any atom is 0.170 e. The SMILES string of the molecule is NC1(c2ccc(-c3nc4ccn5c(-c6ccc(N7CCOCC7)nc6)nnc5c4cc3-c3ccccc3)cc2)CCC1. The zero-order valence-electron chi connectivity index (χ0n) is 23.3. The van der Waals surface area contributed by atoms with Gasteiger partial charge in [-0.05, 0) is 54.7 Å². The third-order valence-electron chi connectivity index (χ3n) is 8.78. The molecule has 2 aromatic carbocycles. The van der Waals surface area contributed by atoms with Crippen molar-refractivity contribution in [2.24, 2.45) is 5.73 Å². The van der Waals surface area contributed by atoms with Gasteiger partial charge in [-0.15, -0.1) is 10.2 Å². The van der Waals surface area contributed by atoms with Crippen LogP contribution >= 0.6 is 0 Å². The lowest BCUT2D eigenvalue weighted by Crippen LogP contribution is -2.43. The Labute approximate surface area is 243 Å². The normalized spacial score (nSPS) is 16.5. The number of rotatable bonds is 5. The molecule has 2 aliphatic rings. The molecule has 2 fully saturated rings. The third-order valence-corrected chi connectivity index (χ3v) is 8.78. The van der Waals surface area contributed by atoms with Crippen molar-refractivity contribution in [3.05, 3.63) is 96.8 Å². The number of nitrogens with zero attached hydrogens (tertiary/aromatic N) is 6. The van der Waals surface area contributed by atoms with Crippen LogP contribution in [0.2, 0.25) is 0 Å². The fraction of sp³-hybridized carbons (Fsp3) is 0.235. The van der Waals surface area contributed by atoms with Crippen LogP contribution < -0.4 is 10.6 Å². The van der Waals surface area contributed by atoms with E-state index in [1.165, 1.54) is 12.0 Å². The molecular weight excluding hydrogens is 522 g/mol. The maximum absolute atomic E-state index is 6.61. The lowest BCUT2D eigenvalue weighted by molar-refractivity contribution is 0.122. The molecule has 4 aromatic heterocycles. The van der Waals surface area contributed by atoms with Crippen molar-refractivity contribution >= 4 is 22.4 Å². The molecule has 1 saturated heterocycles. The van der Waals surface area contributed by atoms with Crippen LogP contribution in [-0.2, 0) is 10.3 Å². The summed E-state index contributed by atoms with van der Waals surface area (Å²) in [6, 6.07) is 27.4. The Bertz CT molecular complexity index is 1890. The molecule has 8 rings (SSSR count). The largest absolute Gasteiger partial charge is 0.378 e. The highest BCUT2D eigenvalue weighted by Gasteiger charge is 2.34. The lowest BCUT2D eigenvalue weighted by Gasteiger charge is -2.38. The molecule has 0 spiro atoms. The van der Waals surface area contributed by atoms with E-state index in [9.17, 15) is 0 Å². The lowest BCUT2D eigenvalue weighted by atomic mass is 9.72. The van der Waals surface area contributed by atoms with Crippen molar-refractivity contribution in [3.8, 4) is 33.8 Å². The molecule has 1 aliphatic carbocycles. The van der Waals surface area contributed by atoms with Crippen molar-refractivity contribution in [2.75, 3.05) is 31.2 Å².